The minimum absolute atomic E-state index is 0.133. The van der Waals surface area contributed by atoms with Crippen LogP contribution in [0.4, 0.5) is 17.5 Å². The zero-order valence-electron chi connectivity index (χ0n) is 19.6. The minimum atomic E-state index is 0.133. The maximum atomic E-state index is 6.08. The fourth-order valence-corrected chi connectivity index (χ4v) is 4.07. The van der Waals surface area contributed by atoms with Gasteiger partial charge in [0, 0.05) is 62.8 Å². The fourth-order valence-electron chi connectivity index (χ4n) is 3.76. The molecule has 1 saturated heterocycles. The van der Waals surface area contributed by atoms with Crippen molar-refractivity contribution in [3.8, 4) is 24.0 Å². The van der Waals surface area contributed by atoms with E-state index < -0.39 is 0 Å². The lowest BCUT2D eigenvalue weighted by Gasteiger charge is -2.36. The summed E-state index contributed by atoms with van der Waals surface area (Å²) in [4.78, 5) is 22.0. The summed E-state index contributed by atoms with van der Waals surface area (Å²) in [6.45, 7) is 7.87. The number of terminal acetylenes is 1. The first-order valence-corrected chi connectivity index (χ1v) is 12.2. The summed E-state index contributed by atoms with van der Waals surface area (Å²) < 4.78 is 12.2. The molecule has 2 aromatic heterocycles. The monoisotopic (exact) mass is 537 g/mol. The highest BCUT2D eigenvalue weighted by Crippen LogP contribution is 2.25. The van der Waals surface area contributed by atoms with Gasteiger partial charge >= 0.3 is 0 Å². The Bertz CT molecular complexity index is 1130. The molecule has 1 unspecified atom stereocenters. The molecule has 1 atom stereocenters. The topological polar surface area (TPSA) is 88.5 Å². The molecule has 35 heavy (non-hydrogen) atoms. The highest BCUT2D eigenvalue weighted by molar-refractivity contribution is 9.10. The van der Waals surface area contributed by atoms with Gasteiger partial charge in [-0.15, -0.1) is 6.42 Å². The molecule has 1 fully saturated rings. The molecule has 182 valence electrons. The van der Waals surface area contributed by atoms with E-state index in [9.17, 15) is 0 Å². The molecule has 9 nitrogen and oxygen atoms in total. The minimum Gasteiger partial charge on any atom is -0.493 e. The summed E-state index contributed by atoms with van der Waals surface area (Å²) in [5, 5.41) is 3.18. The summed E-state index contributed by atoms with van der Waals surface area (Å²) in [6.07, 6.45) is 12.2. The van der Waals surface area contributed by atoms with Crippen LogP contribution in [0.3, 0.4) is 0 Å². The zero-order valence-corrected chi connectivity index (χ0v) is 21.2. The third-order valence-corrected chi connectivity index (χ3v) is 5.99. The Morgan fingerprint density at radius 2 is 2.00 bits per heavy atom. The van der Waals surface area contributed by atoms with Gasteiger partial charge in [-0.3, -0.25) is 9.88 Å². The number of ether oxygens (including phenoxy) is 2. The molecule has 1 N–H and O–H groups in total. The molecule has 0 aliphatic carbocycles. The molecule has 0 radical (unpaired) electrons. The molecule has 1 aliphatic heterocycles. The van der Waals surface area contributed by atoms with Crippen LogP contribution in [0.5, 0.6) is 11.6 Å². The van der Waals surface area contributed by atoms with Gasteiger partial charge in [-0.25, -0.2) is 9.97 Å². The Hall–Kier alpha value is -3.42. The third kappa shape index (κ3) is 7.28. The predicted octanol–water partition coefficient (Wildman–Crippen LogP) is 3.62. The van der Waals surface area contributed by atoms with Crippen LogP contribution < -0.4 is 19.7 Å². The zero-order chi connectivity index (χ0) is 24.5. The molecular weight excluding hydrogens is 510 g/mol. The van der Waals surface area contributed by atoms with Gasteiger partial charge < -0.3 is 19.7 Å². The lowest BCUT2D eigenvalue weighted by Crippen LogP contribution is -2.48. The van der Waals surface area contributed by atoms with E-state index in [1.807, 2.05) is 30.5 Å². The average molecular weight is 538 g/mol. The van der Waals surface area contributed by atoms with Gasteiger partial charge in [0.1, 0.15) is 11.6 Å². The predicted molar refractivity (Wildman–Crippen MR) is 139 cm³/mol. The quantitative estimate of drug-likeness (QED) is 0.389. The fraction of sp³-hybridized carbons (Fsp3) is 0.360. The SMILES string of the molecule is C#CCOc1nc(Nc2cccc(OCC(C)CN3CCN(c4cnccn4)CC3)c2)ncc1Br. The highest BCUT2D eigenvalue weighted by Gasteiger charge is 2.20. The van der Waals surface area contributed by atoms with E-state index in [0.717, 1.165) is 50.0 Å². The number of nitrogens with one attached hydrogen (secondary N) is 1. The Morgan fingerprint density at radius 1 is 1.14 bits per heavy atom. The molecule has 4 rings (SSSR count). The van der Waals surface area contributed by atoms with Gasteiger partial charge in [0.15, 0.2) is 6.61 Å². The normalized spacial score (nSPS) is 14.7. The molecule has 1 aliphatic rings. The molecular formula is C25H28BrN7O2. The molecule has 0 spiro atoms. The van der Waals surface area contributed by atoms with Gasteiger partial charge in [0.25, 0.3) is 0 Å². The summed E-state index contributed by atoms with van der Waals surface area (Å²) in [6, 6.07) is 7.74. The molecule has 0 saturated carbocycles. The molecule has 10 heteroatoms. The summed E-state index contributed by atoms with van der Waals surface area (Å²) in [5.41, 5.74) is 0.820. The average Bonchev–Trinajstić information content (AvgIpc) is 2.89. The number of hydrogen-bond donors (Lipinski definition) is 1. The molecule has 3 heterocycles. The van der Waals surface area contributed by atoms with Crippen LogP contribution in [-0.4, -0.2) is 70.8 Å². The van der Waals surface area contributed by atoms with Crippen molar-refractivity contribution < 1.29 is 9.47 Å². The van der Waals surface area contributed by atoms with E-state index in [1.165, 1.54) is 0 Å². The standard InChI is InChI=1S/C25H28BrN7O2/c1-3-13-34-24-22(26)15-29-25(31-24)30-20-5-4-6-21(14-20)35-18-19(2)17-32-9-11-33(12-10-32)23-16-27-7-8-28-23/h1,4-8,14-16,19H,9-13,17-18H2,2H3,(H,29,30,31). The number of hydrogen-bond acceptors (Lipinski definition) is 9. The van der Waals surface area contributed by atoms with E-state index in [4.69, 9.17) is 15.9 Å². The molecule has 1 aromatic carbocycles. The van der Waals surface area contributed by atoms with Crippen LogP contribution >= 0.6 is 15.9 Å². The van der Waals surface area contributed by atoms with Gasteiger partial charge in [-0.2, -0.15) is 4.98 Å². The van der Waals surface area contributed by atoms with Crippen molar-refractivity contribution in [2.75, 3.05) is 56.2 Å². The largest absolute Gasteiger partial charge is 0.493 e. The number of aromatic nitrogens is 4. The van der Waals surface area contributed by atoms with Crippen LogP contribution in [0, 0.1) is 18.3 Å². The van der Waals surface area contributed by atoms with Crippen molar-refractivity contribution in [2.24, 2.45) is 5.92 Å². The molecule has 0 amide bonds. The summed E-state index contributed by atoms with van der Waals surface area (Å²) in [5.74, 6) is 5.35. The number of rotatable bonds is 10. The highest BCUT2D eigenvalue weighted by atomic mass is 79.9. The number of halogens is 1. The second-order valence-corrected chi connectivity index (χ2v) is 9.11. The van der Waals surface area contributed by atoms with Gasteiger partial charge in [0.2, 0.25) is 11.8 Å². The van der Waals surface area contributed by atoms with Crippen molar-refractivity contribution in [2.45, 2.75) is 6.92 Å². The van der Waals surface area contributed by atoms with Crippen LogP contribution in [0.1, 0.15) is 6.92 Å². The van der Waals surface area contributed by atoms with Crippen molar-refractivity contribution in [3.05, 3.63) is 53.5 Å². The second kappa shape index (κ2) is 12.3. The van der Waals surface area contributed by atoms with Crippen LogP contribution in [-0.2, 0) is 0 Å². The first kappa shape index (κ1) is 24.7. The van der Waals surface area contributed by atoms with Gasteiger partial charge in [-0.05, 0) is 28.1 Å². The first-order chi connectivity index (χ1) is 17.1. The Labute approximate surface area is 214 Å². The van der Waals surface area contributed by atoms with Gasteiger partial charge in [-0.1, -0.05) is 18.9 Å². The molecule has 3 aromatic rings. The Morgan fingerprint density at radius 3 is 2.77 bits per heavy atom. The lowest BCUT2D eigenvalue weighted by atomic mass is 10.1. The maximum Gasteiger partial charge on any atom is 0.233 e. The lowest BCUT2D eigenvalue weighted by molar-refractivity contribution is 0.178. The van der Waals surface area contributed by atoms with E-state index >= 15 is 0 Å². The molecule has 0 bridgehead atoms. The summed E-state index contributed by atoms with van der Waals surface area (Å²) in [7, 11) is 0. The van der Waals surface area contributed by atoms with Gasteiger partial charge in [0.05, 0.1) is 23.5 Å². The maximum absolute atomic E-state index is 6.08. The number of piperazine rings is 1. The Kier molecular flexibility index (Phi) is 8.70. The van der Waals surface area contributed by atoms with Crippen LogP contribution in [0.2, 0.25) is 0 Å². The van der Waals surface area contributed by atoms with Crippen molar-refractivity contribution in [3.63, 3.8) is 0 Å². The Balaban J connectivity index is 1.24. The van der Waals surface area contributed by atoms with Crippen LogP contribution in [0.15, 0.2) is 53.5 Å². The number of anilines is 3. The van der Waals surface area contributed by atoms with Crippen molar-refractivity contribution in [1.29, 1.82) is 0 Å². The van der Waals surface area contributed by atoms with E-state index in [-0.39, 0.29) is 6.61 Å². The van der Waals surface area contributed by atoms with Crippen LogP contribution in [0.25, 0.3) is 0 Å². The third-order valence-electron chi connectivity index (χ3n) is 5.44. The van der Waals surface area contributed by atoms with Crippen molar-refractivity contribution >= 4 is 33.4 Å². The van der Waals surface area contributed by atoms with Crippen molar-refractivity contribution in [1.82, 2.24) is 24.8 Å². The first-order valence-electron chi connectivity index (χ1n) is 11.4. The summed E-state index contributed by atoms with van der Waals surface area (Å²) >= 11 is 3.36. The van der Waals surface area contributed by atoms with E-state index in [2.05, 4.69) is 63.8 Å². The van der Waals surface area contributed by atoms with E-state index in [0.29, 0.717) is 28.8 Å². The smallest absolute Gasteiger partial charge is 0.233 e. The van der Waals surface area contributed by atoms with E-state index in [1.54, 1.807) is 18.6 Å². The number of benzene rings is 1. The number of nitrogens with zero attached hydrogens (tertiary/aromatic N) is 6. The second-order valence-electron chi connectivity index (χ2n) is 8.26.